The molecule has 2 atom stereocenters. The number of allylic oxidation sites excluding steroid dienone is 2. The first kappa shape index (κ1) is 17.1. The van der Waals surface area contributed by atoms with Crippen molar-refractivity contribution in [3.8, 4) is 5.75 Å². The molecule has 0 bridgehead atoms. The maximum atomic E-state index is 10.7. The van der Waals surface area contributed by atoms with Gasteiger partial charge in [0.25, 0.3) is 0 Å². The van der Waals surface area contributed by atoms with Crippen LogP contribution in [0.4, 0.5) is 0 Å². The van der Waals surface area contributed by atoms with Crippen LogP contribution in [0.15, 0.2) is 23.8 Å². The summed E-state index contributed by atoms with van der Waals surface area (Å²) in [6, 6.07) is 4.34. The second-order valence-corrected chi connectivity index (χ2v) is 7.89. The van der Waals surface area contributed by atoms with E-state index < -0.39 is 0 Å². The number of phenolic OH excluding ortho intramolecular Hbond substituents is 1. The molecule has 22 heavy (non-hydrogen) atoms. The Hall–Kier alpha value is -1.24. The smallest absolute Gasteiger partial charge is 0.119 e. The van der Waals surface area contributed by atoms with Crippen LogP contribution in [0.3, 0.4) is 0 Å². The molecule has 1 heteroatoms. The molecule has 0 radical (unpaired) electrons. The predicted molar refractivity (Wildman–Crippen MR) is 95.5 cm³/mol. The van der Waals surface area contributed by atoms with Gasteiger partial charge in [0.2, 0.25) is 0 Å². The van der Waals surface area contributed by atoms with E-state index in [0.29, 0.717) is 17.6 Å². The van der Waals surface area contributed by atoms with Crippen molar-refractivity contribution in [2.24, 2.45) is 11.3 Å². The van der Waals surface area contributed by atoms with Crippen molar-refractivity contribution in [1.82, 2.24) is 0 Å². The molecule has 1 nitrogen and oxygen atoms in total. The lowest BCUT2D eigenvalue weighted by Crippen LogP contribution is -2.35. The number of benzene rings is 1. The molecule has 0 heterocycles. The maximum Gasteiger partial charge on any atom is 0.119 e. The number of aromatic hydroxyl groups is 1. The highest BCUT2D eigenvalue weighted by Gasteiger charge is 2.41. The minimum absolute atomic E-state index is 0.273. The van der Waals surface area contributed by atoms with Crippen molar-refractivity contribution in [1.29, 1.82) is 0 Å². The first-order valence-corrected chi connectivity index (χ1v) is 8.79. The summed E-state index contributed by atoms with van der Waals surface area (Å²) in [5.41, 5.74) is 5.44. The van der Waals surface area contributed by atoms with Gasteiger partial charge in [-0.3, -0.25) is 0 Å². The Morgan fingerprint density at radius 2 is 1.95 bits per heavy atom. The number of aryl methyl sites for hydroxylation is 1. The zero-order chi connectivity index (χ0) is 16.5. The Kier molecular flexibility index (Phi) is 5.04. The number of fused-ring (bicyclic) bond motifs is 1. The Bertz CT molecular complexity index is 562. The van der Waals surface area contributed by atoms with Gasteiger partial charge in [-0.05, 0) is 55.2 Å². The average molecular weight is 300 g/mol. The van der Waals surface area contributed by atoms with Gasteiger partial charge in [-0.1, -0.05) is 58.3 Å². The van der Waals surface area contributed by atoms with Crippen molar-refractivity contribution in [2.75, 3.05) is 0 Å². The second-order valence-electron chi connectivity index (χ2n) is 7.89. The lowest BCUT2D eigenvalue weighted by molar-refractivity contribution is 0.167. The Labute approximate surface area is 136 Å². The molecule has 1 aliphatic rings. The second kappa shape index (κ2) is 6.48. The van der Waals surface area contributed by atoms with Gasteiger partial charge in [0.1, 0.15) is 5.75 Å². The monoisotopic (exact) mass is 300 g/mol. The molecular weight excluding hydrogens is 268 g/mol. The lowest BCUT2D eigenvalue weighted by atomic mass is 9.60. The Balaban J connectivity index is 2.61. The third-order valence-electron chi connectivity index (χ3n) is 5.21. The quantitative estimate of drug-likeness (QED) is 0.676. The summed E-state index contributed by atoms with van der Waals surface area (Å²) in [4.78, 5) is 0. The fourth-order valence-corrected chi connectivity index (χ4v) is 4.40. The number of rotatable bonds is 4. The van der Waals surface area contributed by atoms with Gasteiger partial charge >= 0.3 is 0 Å². The third-order valence-corrected chi connectivity index (χ3v) is 5.21. The molecule has 1 aliphatic carbocycles. The molecule has 0 saturated heterocycles. The summed E-state index contributed by atoms with van der Waals surface area (Å²) in [6.45, 7) is 13.6. The summed E-state index contributed by atoms with van der Waals surface area (Å²) in [6.07, 6.45) is 6.76. The van der Waals surface area contributed by atoms with Crippen LogP contribution in [0.1, 0.15) is 77.0 Å². The molecule has 2 rings (SSSR count). The average Bonchev–Trinajstić information content (AvgIpc) is 2.36. The van der Waals surface area contributed by atoms with Gasteiger partial charge in [-0.25, -0.2) is 0 Å². The lowest BCUT2D eigenvalue weighted by Gasteiger charge is -2.44. The number of hydrogen-bond acceptors (Lipinski definition) is 1. The van der Waals surface area contributed by atoms with Crippen molar-refractivity contribution >= 4 is 0 Å². The summed E-state index contributed by atoms with van der Waals surface area (Å²) < 4.78 is 0. The van der Waals surface area contributed by atoms with Crippen LogP contribution in [0, 0.1) is 11.3 Å². The van der Waals surface area contributed by atoms with E-state index in [2.05, 4.69) is 53.7 Å². The first-order chi connectivity index (χ1) is 10.3. The van der Waals surface area contributed by atoms with Crippen molar-refractivity contribution < 1.29 is 5.11 Å². The van der Waals surface area contributed by atoms with Crippen molar-refractivity contribution in [3.05, 3.63) is 40.5 Å². The van der Waals surface area contributed by atoms with E-state index in [9.17, 15) is 5.11 Å². The molecule has 1 N–H and O–H groups in total. The van der Waals surface area contributed by atoms with E-state index in [1.807, 2.05) is 6.07 Å². The van der Waals surface area contributed by atoms with E-state index in [1.54, 1.807) is 0 Å². The highest BCUT2D eigenvalue weighted by molar-refractivity contribution is 5.50. The molecule has 0 aromatic heterocycles. The van der Waals surface area contributed by atoms with Crippen LogP contribution < -0.4 is 0 Å². The van der Waals surface area contributed by atoms with Gasteiger partial charge in [0, 0.05) is 11.5 Å². The van der Waals surface area contributed by atoms with Gasteiger partial charge < -0.3 is 5.11 Å². The summed E-state index contributed by atoms with van der Waals surface area (Å²) in [5.74, 6) is 1.43. The molecule has 0 unspecified atom stereocenters. The van der Waals surface area contributed by atoms with Crippen molar-refractivity contribution in [2.45, 2.75) is 73.1 Å². The normalized spacial score (nSPS) is 23.0. The van der Waals surface area contributed by atoms with Crippen LogP contribution in [-0.4, -0.2) is 5.11 Å². The van der Waals surface area contributed by atoms with E-state index in [-0.39, 0.29) is 5.41 Å². The van der Waals surface area contributed by atoms with Gasteiger partial charge in [-0.15, -0.1) is 0 Å². The number of phenols is 1. The van der Waals surface area contributed by atoms with Gasteiger partial charge in [0.05, 0.1) is 0 Å². The summed E-state index contributed by atoms with van der Waals surface area (Å²) in [5, 5.41) is 10.7. The molecule has 122 valence electrons. The third kappa shape index (κ3) is 3.24. The van der Waals surface area contributed by atoms with Gasteiger partial charge in [0.15, 0.2) is 0 Å². The van der Waals surface area contributed by atoms with Crippen LogP contribution >= 0.6 is 0 Å². The molecule has 0 amide bonds. The van der Waals surface area contributed by atoms with Crippen LogP contribution in [-0.2, 0) is 12.8 Å². The fraction of sp³-hybridized carbons (Fsp3) is 0.619. The Morgan fingerprint density at radius 1 is 1.27 bits per heavy atom. The predicted octanol–water partition coefficient (Wildman–Crippen LogP) is 6.00. The zero-order valence-corrected chi connectivity index (χ0v) is 15.2. The van der Waals surface area contributed by atoms with Crippen LogP contribution in [0.2, 0.25) is 0 Å². The minimum Gasteiger partial charge on any atom is -0.508 e. The maximum absolute atomic E-state index is 10.7. The standard InChI is InChI=1S/C21H32O/c1-7-9-15-11-16-13-21(5,6)18(8-2)17(10-14(3)4)20(16)19(22)12-15/h10-12,17-18,22H,7-9,13H2,1-6H3/t17-,18-/m1/s1. The highest BCUT2D eigenvalue weighted by Crippen LogP contribution is 2.52. The van der Waals surface area contributed by atoms with Crippen LogP contribution in [0.25, 0.3) is 0 Å². The van der Waals surface area contributed by atoms with E-state index in [4.69, 9.17) is 0 Å². The summed E-state index contributed by atoms with van der Waals surface area (Å²) >= 11 is 0. The minimum atomic E-state index is 0.273. The fourth-order valence-electron chi connectivity index (χ4n) is 4.40. The SMILES string of the molecule is CCCc1cc(O)c2c(c1)CC(C)(C)[C@H](CC)[C@H]2C=C(C)C. The molecule has 0 saturated carbocycles. The molecular formula is C21H32O. The zero-order valence-electron chi connectivity index (χ0n) is 15.2. The largest absolute Gasteiger partial charge is 0.508 e. The van der Waals surface area contributed by atoms with E-state index >= 15 is 0 Å². The highest BCUT2D eigenvalue weighted by atomic mass is 16.3. The summed E-state index contributed by atoms with van der Waals surface area (Å²) in [7, 11) is 0. The molecule has 1 aromatic carbocycles. The molecule has 0 fully saturated rings. The van der Waals surface area contributed by atoms with E-state index in [1.165, 1.54) is 22.3 Å². The molecule has 1 aromatic rings. The molecule has 0 aliphatic heterocycles. The Morgan fingerprint density at radius 3 is 2.50 bits per heavy atom. The topological polar surface area (TPSA) is 20.2 Å². The number of hydrogen-bond donors (Lipinski definition) is 1. The first-order valence-electron chi connectivity index (χ1n) is 8.79. The van der Waals surface area contributed by atoms with Crippen LogP contribution in [0.5, 0.6) is 5.75 Å². The van der Waals surface area contributed by atoms with Gasteiger partial charge in [-0.2, -0.15) is 0 Å². The molecule has 0 spiro atoms. The van der Waals surface area contributed by atoms with Crippen molar-refractivity contribution in [3.63, 3.8) is 0 Å². The van der Waals surface area contributed by atoms with E-state index in [0.717, 1.165) is 25.7 Å².